The summed E-state index contributed by atoms with van der Waals surface area (Å²) >= 11 is 0. The van der Waals surface area contributed by atoms with Crippen LogP contribution in [0.4, 0.5) is 5.69 Å². The van der Waals surface area contributed by atoms with Crippen molar-refractivity contribution in [3.05, 3.63) is 59.9 Å². The van der Waals surface area contributed by atoms with E-state index in [0.29, 0.717) is 18.1 Å². The summed E-state index contributed by atoms with van der Waals surface area (Å²) in [6.45, 7) is 4.39. The van der Waals surface area contributed by atoms with Crippen molar-refractivity contribution in [2.24, 2.45) is 5.92 Å². The Bertz CT molecular complexity index is 1070. The number of tetrazole rings is 1. The van der Waals surface area contributed by atoms with Crippen LogP contribution in [-0.4, -0.2) is 39.9 Å². The van der Waals surface area contributed by atoms with Crippen molar-refractivity contribution in [3.63, 3.8) is 0 Å². The van der Waals surface area contributed by atoms with Crippen molar-refractivity contribution in [1.82, 2.24) is 20.2 Å². The van der Waals surface area contributed by atoms with Crippen molar-refractivity contribution in [1.29, 1.82) is 0 Å². The van der Waals surface area contributed by atoms with Gasteiger partial charge in [-0.3, -0.25) is 0 Å². The molecule has 2 aromatic carbocycles. The summed E-state index contributed by atoms with van der Waals surface area (Å²) in [4.78, 5) is 12.3. The number of hydrogen-bond acceptors (Lipinski definition) is 7. The van der Waals surface area contributed by atoms with Crippen molar-refractivity contribution in [3.8, 4) is 11.4 Å². The van der Waals surface area contributed by atoms with Crippen LogP contribution < -0.4 is 10.1 Å². The predicted octanol–water partition coefficient (Wildman–Crippen LogP) is 4.37. The molecule has 1 aliphatic rings. The average molecular weight is 436 g/mol. The van der Waals surface area contributed by atoms with Crippen LogP contribution in [0.2, 0.25) is 0 Å². The number of nitrogens with zero attached hydrogens (tertiary/aromatic N) is 4. The average Bonchev–Trinajstić information content (AvgIpc) is 3.32. The first-order chi connectivity index (χ1) is 15.6. The monoisotopic (exact) mass is 435 g/mol. The van der Waals surface area contributed by atoms with Gasteiger partial charge < -0.3 is 14.8 Å². The Morgan fingerprint density at radius 3 is 2.72 bits per heavy atom. The van der Waals surface area contributed by atoms with E-state index in [1.807, 2.05) is 36.4 Å². The van der Waals surface area contributed by atoms with Gasteiger partial charge in [0.05, 0.1) is 36.2 Å². The van der Waals surface area contributed by atoms with Crippen molar-refractivity contribution in [2.45, 2.75) is 45.1 Å². The van der Waals surface area contributed by atoms with E-state index in [1.165, 1.54) is 0 Å². The Hall–Kier alpha value is -3.42. The lowest BCUT2D eigenvalue weighted by Crippen LogP contribution is -2.41. The highest BCUT2D eigenvalue weighted by atomic mass is 16.5. The lowest BCUT2D eigenvalue weighted by molar-refractivity contribution is 0.0526. The molecule has 0 spiro atoms. The van der Waals surface area contributed by atoms with Gasteiger partial charge in [0.25, 0.3) is 0 Å². The summed E-state index contributed by atoms with van der Waals surface area (Å²) in [5.41, 5.74) is 1.62. The van der Waals surface area contributed by atoms with Gasteiger partial charge in [-0.1, -0.05) is 25.1 Å². The van der Waals surface area contributed by atoms with Crippen LogP contribution >= 0.6 is 0 Å². The highest BCUT2D eigenvalue weighted by molar-refractivity contribution is 5.90. The highest BCUT2D eigenvalue weighted by Gasteiger charge is 2.41. The number of ether oxygens (including phenoxy) is 2. The van der Waals surface area contributed by atoms with E-state index in [4.69, 9.17) is 9.47 Å². The maximum atomic E-state index is 12.3. The Balaban J connectivity index is 1.76. The minimum atomic E-state index is -0.468. The molecular weight excluding hydrogens is 406 g/mol. The number of rotatable bonds is 7. The molecule has 8 nitrogen and oxygen atoms in total. The standard InChI is InChI=1S/C24H29N5O3/c1-4-32-22(30)18-8-7-9-19(16-18)29-23(26-27-28-29)24(14-12-17(2)13-15-24)25-20-10-5-6-11-21(20)31-3/h5-11,16-17,25H,4,12-15H2,1-3H3. The van der Waals surface area contributed by atoms with Gasteiger partial charge in [0.15, 0.2) is 5.82 Å². The SMILES string of the molecule is CCOC(=O)c1cccc(-n2nnnc2C2(Nc3ccccc3OC)CCC(C)CC2)c1. The molecule has 0 saturated heterocycles. The zero-order valence-electron chi connectivity index (χ0n) is 18.7. The van der Waals surface area contributed by atoms with E-state index in [2.05, 4.69) is 27.8 Å². The number of carbonyl (C=O) groups is 1. The molecule has 0 radical (unpaired) electrons. The molecule has 1 N–H and O–H groups in total. The number of esters is 1. The molecule has 4 rings (SSSR count). The molecule has 3 aromatic rings. The molecule has 0 atom stereocenters. The quantitative estimate of drug-likeness (QED) is 0.551. The van der Waals surface area contributed by atoms with Gasteiger partial charge in [-0.2, -0.15) is 4.68 Å². The second-order valence-corrected chi connectivity index (χ2v) is 8.28. The number of benzene rings is 2. The highest BCUT2D eigenvalue weighted by Crippen LogP contribution is 2.43. The first kappa shape index (κ1) is 21.8. The van der Waals surface area contributed by atoms with Crippen molar-refractivity contribution >= 4 is 11.7 Å². The minimum Gasteiger partial charge on any atom is -0.495 e. The fourth-order valence-electron chi connectivity index (χ4n) is 4.30. The molecule has 1 aliphatic carbocycles. The van der Waals surface area contributed by atoms with Gasteiger partial charge in [-0.05, 0) is 79.3 Å². The largest absolute Gasteiger partial charge is 0.495 e. The number of carbonyl (C=O) groups excluding carboxylic acids is 1. The molecule has 1 aromatic heterocycles. The van der Waals surface area contributed by atoms with Crippen LogP contribution in [0.1, 0.15) is 55.7 Å². The van der Waals surface area contributed by atoms with Crippen LogP contribution in [-0.2, 0) is 10.3 Å². The molecule has 32 heavy (non-hydrogen) atoms. The number of nitrogens with one attached hydrogen (secondary N) is 1. The Kier molecular flexibility index (Phi) is 6.39. The second-order valence-electron chi connectivity index (χ2n) is 8.28. The summed E-state index contributed by atoms with van der Waals surface area (Å²) in [7, 11) is 1.67. The van der Waals surface area contributed by atoms with Gasteiger partial charge in [-0.25, -0.2) is 4.79 Å². The van der Waals surface area contributed by atoms with E-state index >= 15 is 0 Å². The predicted molar refractivity (Wildman–Crippen MR) is 121 cm³/mol. The second kappa shape index (κ2) is 9.38. The van der Waals surface area contributed by atoms with E-state index < -0.39 is 5.54 Å². The van der Waals surface area contributed by atoms with Gasteiger partial charge in [0, 0.05) is 0 Å². The van der Waals surface area contributed by atoms with Gasteiger partial charge in [0.1, 0.15) is 5.75 Å². The summed E-state index contributed by atoms with van der Waals surface area (Å²) in [5.74, 6) is 1.77. The molecule has 1 fully saturated rings. The van der Waals surface area contributed by atoms with Crippen molar-refractivity contribution in [2.75, 3.05) is 19.0 Å². The lowest BCUT2D eigenvalue weighted by atomic mass is 9.76. The molecule has 1 heterocycles. The van der Waals surface area contributed by atoms with Crippen LogP contribution in [0.3, 0.4) is 0 Å². The fraction of sp³-hybridized carbons (Fsp3) is 0.417. The first-order valence-electron chi connectivity index (χ1n) is 11.0. The molecule has 0 amide bonds. The minimum absolute atomic E-state index is 0.323. The molecule has 0 aliphatic heterocycles. The van der Waals surface area contributed by atoms with E-state index in [-0.39, 0.29) is 5.97 Å². The third-order valence-corrected chi connectivity index (χ3v) is 6.11. The number of anilines is 1. The third-order valence-electron chi connectivity index (χ3n) is 6.11. The Morgan fingerprint density at radius 1 is 1.19 bits per heavy atom. The molecule has 0 unspecified atom stereocenters. The summed E-state index contributed by atoms with van der Waals surface area (Å²) in [6, 6.07) is 15.1. The first-order valence-corrected chi connectivity index (χ1v) is 11.0. The van der Waals surface area contributed by atoms with Gasteiger partial charge in [-0.15, -0.1) is 5.10 Å². The zero-order valence-corrected chi connectivity index (χ0v) is 18.7. The van der Waals surface area contributed by atoms with Gasteiger partial charge in [0.2, 0.25) is 0 Å². The Labute approximate surface area is 187 Å². The summed E-state index contributed by atoms with van der Waals surface area (Å²) in [5, 5.41) is 16.5. The maximum Gasteiger partial charge on any atom is 0.338 e. The number of aromatic nitrogens is 4. The van der Waals surface area contributed by atoms with Crippen LogP contribution in [0, 0.1) is 5.92 Å². The fourth-order valence-corrected chi connectivity index (χ4v) is 4.30. The van der Waals surface area contributed by atoms with E-state index in [0.717, 1.165) is 48.6 Å². The van der Waals surface area contributed by atoms with Crippen LogP contribution in [0.15, 0.2) is 48.5 Å². The number of hydrogen-bond donors (Lipinski definition) is 1. The molecule has 8 heteroatoms. The number of para-hydroxylation sites is 2. The molecule has 1 saturated carbocycles. The smallest absolute Gasteiger partial charge is 0.338 e. The summed E-state index contributed by atoms with van der Waals surface area (Å²) in [6.07, 6.45) is 3.87. The normalized spacial score (nSPS) is 20.5. The molecule has 0 bridgehead atoms. The van der Waals surface area contributed by atoms with Crippen LogP contribution in [0.25, 0.3) is 5.69 Å². The summed E-state index contributed by atoms with van der Waals surface area (Å²) < 4.78 is 12.5. The Morgan fingerprint density at radius 2 is 1.97 bits per heavy atom. The zero-order chi connectivity index (χ0) is 22.6. The topological polar surface area (TPSA) is 91.2 Å². The van der Waals surface area contributed by atoms with Crippen LogP contribution in [0.5, 0.6) is 5.75 Å². The lowest BCUT2D eigenvalue weighted by Gasteiger charge is -2.40. The van der Waals surface area contributed by atoms with E-state index in [1.54, 1.807) is 30.8 Å². The third kappa shape index (κ3) is 4.30. The molecular formula is C24H29N5O3. The maximum absolute atomic E-state index is 12.3. The number of methoxy groups -OCH3 is 1. The molecule has 168 valence electrons. The van der Waals surface area contributed by atoms with E-state index in [9.17, 15) is 4.79 Å². The van der Waals surface area contributed by atoms with Gasteiger partial charge >= 0.3 is 5.97 Å². The van der Waals surface area contributed by atoms with Crippen molar-refractivity contribution < 1.29 is 14.3 Å².